The van der Waals surface area contributed by atoms with E-state index in [-0.39, 0.29) is 22.7 Å². The lowest BCUT2D eigenvalue weighted by Crippen LogP contribution is -2.23. The number of alkyl halides is 3. The van der Waals surface area contributed by atoms with Gasteiger partial charge in [0.2, 0.25) is 0 Å². The summed E-state index contributed by atoms with van der Waals surface area (Å²) < 4.78 is 81.3. The zero-order valence-corrected chi connectivity index (χ0v) is 17.0. The lowest BCUT2D eigenvalue weighted by Gasteiger charge is -2.11. The Labute approximate surface area is 180 Å². The number of sulfonamides is 1. The van der Waals surface area contributed by atoms with Crippen LogP contribution < -0.4 is 14.8 Å². The van der Waals surface area contributed by atoms with Crippen molar-refractivity contribution >= 4 is 21.6 Å². The standard InChI is InChI=1S/C21H16F4N2O4S/c22-18-6-1-2-7-19(18)27-32(29,30)17-5-3-4-15(12-17)20(28)26-13-14-8-10-16(11-9-14)31-21(23,24)25/h1-12,27H,13H2,(H,26,28). The van der Waals surface area contributed by atoms with Crippen molar-refractivity contribution in [2.75, 3.05) is 4.72 Å². The van der Waals surface area contributed by atoms with Gasteiger partial charge in [0.1, 0.15) is 11.6 Å². The molecular weight excluding hydrogens is 452 g/mol. The van der Waals surface area contributed by atoms with Gasteiger partial charge in [-0.1, -0.05) is 30.3 Å². The number of para-hydroxylation sites is 1. The summed E-state index contributed by atoms with van der Waals surface area (Å²) in [6.07, 6.45) is -4.80. The van der Waals surface area contributed by atoms with Crippen LogP contribution in [0.5, 0.6) is 5.75 Å². The third-order valence-corrected chi connectivity index (χ3v) is 5.50. The Kier molecular flexibility index (Phi) is 6.68. The fraction of sp³-hybridized carbons (Fsp3) is 0.0952. The van der Waals surface area contributed by atoms with Crippen LogP contribution in [-0.4, -0.2) is 20.7 Å². The Balaban J connectivity index is 1.67. The number of benzene rings is 3. The maximum Gasteiger partial charge on any atom is 0.573 e. The molecule has 0 unspecified atom stereocenters. The van der Waals surface area contributed by atoms with Gasteiger partial charge in [-0.05, 0) is 48.0 Å². The van der Waals surface area contributed by atoms with Crippen LogP contribution in [0.4, 0.5) is 23.2 Å². The predicted octanol–water partition coefficient (Wildman–Crippen LogP) is 4.46. The minimum absolute atomic E-state index is 0.0183. The van der Waals surface area contributed by atoms with E-state index < -0.39 is 33.9 Å². The monoisotopic (exact) mass is 468 g/mol. The van der Waals surface area contributed by atoms with Gasteiger partial charge >= 0.3 is 6.36 Å². The number of rotatable bonds is 7. The van der Waals surface area contributed by atoms with Crippen molar-refractivity contribution in [3.63, 3.8) is 0 Å². The molecule has 168 valence electrons. The SMILES string of the molecule is O=C(NCc1ccc(OC(F)(F)F)cc1)c1cccc(S(=O)(=O)Nc2ccccc2F)c1. The van der Waals surface area contributed by atoms with E-state index in [4.69, 9.17) is 0 Å². The van der Waals surface area contributed by atoms with Crippen molar-refractivity contribution in [1.82, 2.24) is 5.32 Å². The molecule has 0 saturated carbocycles. The van der Waals surface area contributed by atoms with Crippen LogP contribution in [0.3, 0.4) is 0 Å². The second kappa shape index (κ2) is 9.27. The van der Waals surface area contributed by atoms with E-state index in [0.717, 1.165) is 24.3 Å². The molecule has 0 aliphatic heterocycles. The average molecular weight is 468 g/mol. The summed E-state index contributed by atoms with van der Waals surface area (Å²) in [5.74, 6) is -1.76. The first-order valence-electron chi connectivity index (χ1n) is 9.04. The van der Waals surface area contributed by atoms with Crippen LogP contribution in [-0.2, 0) is 16.6 Å². The first-order chi connectivity index (χ1) is 15.0. The summed E-state index contributed by atoms with van der Waals surface area (Å²) in [6, 6.07) is 15.3. The molecule has 6 nitrogen and oxygen atoms in total. The van der Waals surface area contributed by atoms with Crippen LogP contribution in [0.15, 0.2) is 77.7 Å². The fourth-order valence-electron chi connectivity index (χ4n) is 2.65. The summed E-state index contributed by atoms with van der Waals surface area (Å²) in [5, 5.41) is 2.54. The highest BCUT2D eigenvalue weighted by Gasteiger charge is 2.30. The first-order valence-corrected chi connectivity index (χ1v) is 10.5. The minimum atomic E-state index is -4.80. The normalized spacial score (nSPS) is 11.6. The Morgan fingerprint density at radius 1 is 0.938 bits per heavy atom. The Hall–Kier alpha value is -3.60. The van der Waals surface area contributed by atoms with E-state index >= 15 is 0 Å². The summed E-state index contributed by atoms with van der Waals surface area (Å²) in [4.78, 5) is 12.2. The summed E-state index contributed by atoms with van der Waals surface area (Å²) in [7, 11) is -4.15. The topological polar surface area (TPSA) is 84.5 Å². The van der Waals surface area contributed by atoms with E-state index in [1.165, 1.54) is 48.5 Å². The highest BCUT2D eigenvalue weighted by atomic mass is 32.2. The zero-order valence-electron chi connectivity index (χ0n) is 16.2. The highest BCUT2D eigenvalue weighted by molar-refractivity contribution is 7.92. The molecular formula is C21H16F4N2O4S. The van der Waals surface area contributed by atoms with Crippen molar-refractivity contribution in [1.29, 1.82) is 0 Å². The van der Waals surface area contributed by atoms with E-state index in [1.807, 2.05) is 0 Å². The summed E-state index contributed by atoms with van der Waals surface area (Å²) >= 11 is 0. The quantitative estimate of drug-likeness (QED) is 0.502. The molecule has 3 rings (SSSR count). The van der Waals surface area contributed by atoms with Gasteiger partial charge in [0.15, 0.2) is 0 Å². The first kappa shape index (κ1) is 23.1. The fourth-order valence-corrected chi connectivity index (χ4v) is 3.76. The predicted molar refractivity (Wildman–Crippen MR) is 108 cm³/mol. The van der Waals surface area contributed by atoms with E-state index in [9.17, 15) is 30.8 Å². The second-order valence-electron chi connectivity index (χ2n) is 6.49. The van der Waals surface area contributed by atoms with Crippen LogP contribution >= 0.6 is 0 Å². The summed E-state index contributed by atoms with van der Waals surface area (Å²) in [6.45, 7) is -0.0183. The van der Waals surface area contributed by atoms with Gasteiger partial charge < -0.3 is 10.1 Å². The van der Waals surface area contributed by atoms with Gasteiger partial charge in [-0.25, -0.2) is 12.8 Å². The van der Waals surface area contributed by atoms with Crippen molar-refractivity contribution < 1.29 is 35.5 Å². The van der Waals surface area contributed by atoms with Gasteiger partial charge in [-0.15, -0.1) is 13.2 Å². The number of hydrogen-bond acceptors (Lipinski definition) is 4. The maximum atomic E-state index is 13.8. The Bertz CT molecular complexity index is 1210. The van der Waals surface area contributed by atoms with Crippen molar-refractivity contribution in [3.05, 3.63) is 89.7 Å². The smallest absolute Gasteiger partial charge is 0.406 e. The Morgan fingerprint density at radius 3 is 2.28 bits per heavy atom. The molecule has 0 heterocycles. The number of anilines is 1. The molecule has 3 aromatic rings. The maximum absolute atomic E-state index is 13.8. The molecule has 0 saturated heterocycles. The van der Waals surface area contributed by atoms with Crippen LogP contribution in [0, 0.1) is 5.82 Å². The third kappa shape index (κ3) is 6.20. The van der Waals surface area contributed by atoms with Gasteiger partial charge in [-0.2, -0.15) is 0 Å². The minimum Gasteiger partial charge on any atom is -0.406 e. The molecule has 2 N–H and O–H groups in total. The molecule has 0 aromatic heterocycles. The third-order valence-electron chi connectivity index (χ3n) is 4.13. The summed E-state index contributed by atoms with van der Waals surface area (Å²) in [5.41, 5.74) is 0.289. The molecule has 3 aromatic carbocycles. The van der Waals surface area contributed by atoms with Crippen molar-refractivity contribution in [2.45, 2.75) is 17.8 Å². The highest BCUT2D eigenvalue weighted by Crippen LogP contribution is 2.23. The molecule has 1 amide bonds. The molecule has 0 bridgehead atoms. The number of halogens is 4. The zero-order chi connectivity index (χ0) is 23.4. The van der Waals surface area contributed by atoms with Crippen LogP contribution in [0.1, 0.15) is 15.9 Å². The molecule has 0 atom stereocenters. The second-order valence-corrected chi connectivity index (χ2v) is 8.17. The van der Waals surface area contributed by atoms with Gasteiger partial charge in [-0.3, -0.25) is 9.52 Å². The van der Waals surface area contributed by atoms with Crippen LogP contribution in [0.25, 0.3) is 0 Å². The number of carbonyl (C=O) groups is 1. The number of nitrogens with one attached hydrogen (secondary N) is 2. The lowest BCUT2D eigenvalue weighted by molar-refractivity contribution is -0.274. The van der Waals surface area contributed by atoms with E-state index in [1.54, 1.807) is 0 Å². The number of hydrogen-bond donors (Lipinski definition) is 2. The van der Waals surface area contributed by atoms with Gasteiger partial charge in [0.25, 0.3) is 15.9 Å². The van der Waals surface area contributed by atoms with E-state index in [2.05, 4.69) is 14.8 Å². The molecule has 0 fully saturated rings. The van der Waals surface area contributed by atoms with Gasteiger partial charge in [0, 0.05) is 12.1 Å². The van der Waals surface area contributed by atoms with Crippen molar-refractivity contribution in [3.8, 4) is 5.75 Å². The molecule has 32 heavy (non-hydrogen) atoms. The number of amides is 1. The van der Waals surface area contributed by atoms with Crippen LogP contribution in [0.2, 0.25) is 0 Å². The lowest BCUT2D eigenvalue weighted by atomic mass is 10.2. The molecule has 0 spiro atoms. The molecule has 0 aliphatic carbocycles. The molecule has 0 aliphatic rings. The van der Waals surface area contributed by atoms with Crippen molar-refractivity contribution in [2.24, 2.45) is 0 Å². The largest absolute Gasteiger partial charge is 0.573 e. The average Bonchev–Trinajstić information content (AvgIpc) is 2.73. The Morgan fingerprint density at radius 2 is 1.62 bits per heavy atom. The molecule has 0 radical (unpaired) electrons. The number of ether oxygens (including phenoxy) is 1. The molecule has 11 heteroatoms. The van der Waals surface area contributed by atoms with Gasteiger partial charge in [0.05, 0.1) is 10.6 Å². The van der Waals surface area contributed by atoms with E-state index in [0.29, 0.717) is 5.56 Å². The number of carbonyl (C=O) groups excluding carboxylic acids is 1.